The van der Waals surface area contributed by atoms with E-state index in [9.17, 15) is 9.90 Å². The van der Waals surface area contributed by atoms with E-state index in [4.69, 9.17) is 9.47 Å². The maximum absolute atomic E-state index is 12.0. The highest BCUT2D eigenvalue weighted by Gasteiger charge is 2.22. The number of aliphatic hydroxyl groups excluding tert-OH is 1. The highest BCUT2D eigenvalue weighted by atomic mass is 16.6. The van der Waals surface area contributed by atoms with E-state index in [0.29, 0.717) is 17.9 Å². The molecule has 0 unspecified atom stereocenters. The molecule has 1 aromatic carbocycles. The molecule has 0 aromatic heterocycles. The van der Waals surface area contributed by atoms with Gasteiger partial charge in [0.1, 0.15) is 11.4 Å². The number of methoxy groups -OCH3 is 1. The van der Waals surface area contributed by atoms with Crippen molar-refractivity contribution < 1.29 is 19.4 Å². The van der Waals surface area contributed by atoms with E-state index in [2.05, 4.69) is 5.32 Å². The summed E-state index contributed by atoms with van der Waals surface area (Å²) in [6.07, 6.45) is 0.113. The molecule has 0 saturated carbocycles. The Bertz CT molecular complexity index is 518. The van der Waals surface area contributed by atoms with Gasteiger partial charge in [0, 0.05) is 12.7 Å². The minimum absolute atomic E-state index is 0.0604. The Morgan fingerprint density at radius 2 is 1.86 bits per heavy atom. The topological polar surface area (TPSA) is 67.8 Å². The number of ether oxygens (including phenoxy) is 2. The summed E-state index contributed by atoms with van der Waals surface area (Å²) in [5.74, 6) is 0.650. The molecule has 1 amide bonds. The first-order valence-corrected chi connectivity index (χ1v) is 7.34. The van der Waals surface area contributed by atoms with Crippen molar-refractivity contribution in [2.45, 2.75) is 46.6 Å². The highest BCUT2D eigenvalue weighted by molar-refractivity contribution is 5.86. The molecule has 124 valence electrons. The van der Waals surface area contributed by atoms with Gasteiger partial charge >= 0.3 is 6.09 Å². The van der Waals surface area contributed by atoms with Gasteiger partial charge in [-0.25, -0.2) is 4.79 Å². The smallest absolute Gasteiger partial charge is 0.412 e. The van der Waals surface area contributed by atoms with Crippen molar-refractivity contribution >= 4 is 11.8 Å². The van der Waals surface area contributed by atoms with Crippen molar-refractivity contribution in [2.24, 2.45) is 5.41 Å². The minimum atomic E-state index is -0.562. The number of nitrogens with one attached hydrogen (secondary N) is 1. The average Bonchev–Trinajstić information content (AvgIpc) is 2.38. The Kier molecular flexibility index (Phi) is 5.83. The Hall–Kier alpha value is -1.75. The number of aliphatic hydroxyl groups is 1. The molecule has 1 rings (SSSR count). The fraction of sp³-hybridized carbons (Fsp3) is 0.588. The quantitative estimate of drug-likeness (QED) is 0.872. The molecular formula is C17H27NO4. The van der Waals surface area contributed by atoms with E-state index in [-0.39, 0.29) is 12.0 Å². The molecule has 0 heterocycles. The largest absolute Gasteiger partial charge is 0.497 e. The van der Waals surface area contributed by atoms with Crippen molar-refractivity contribution in [2.75, 3.05) is 19.0 Å². The van der Waals surface area contributed by atoms with Crippen LogP contribution in [-0.4, -0.2) is 30.5 Å². The molecule has 0 atom stereocenters. The van der Waals surface area contributed by atoms with Gasteiger partial charge in [0.25, 0.3) is 0 Å². The molecular weight excluding hydrogens is 282 g/mol. The monoisotopic (exact) mass is 309 g/mol. The van der Waals surface area contributed by atoms with Gasteiger partial charge in [0.05, 0.1) is 12.8 Å². The van der Waals surface area contributed by atoms with Crippen LogP contribution in [0.1, 0.15) is 40.2 Å². The Labute approximate surface area is 132 Å². The molecule has 0 aliphatic carbocycles. The van der Waals surface area contributed by atoms with E-state index >= 15 is 0 Å². The van der Waals surface area contributed by atoms with Crippen LogP contribution in [0.3, 0.4) is 0 Å². The summed E-state index contributed by atoms with van der Waals surface area (Å²) in [5, 5.41) is 12.2. The fourth-order valence-corrected chi connectivity index (χ4v) is 1.94. The number of anilines is 1. The third-order valence-corrected chi connectivity index (χ3v) is 3.05. The number of amides is 1. The summed E-state index contributed by atoms with van der Waals surface area (Å²) in [5.41, 5.74) is 0.715. The number of hydrogen-bond donors (Lipinski definition) is 2. The summed E-state index contributed by atoms with van der Waals surface area (Å²) in [6.45, 7) is 9.43. The van der Waals surface area contributed by atoms with Crippen LogP contribution in [-0.2, 0) is 11.2 Å². The highest BCUT2D eigenvalue weighted by Crippen LogP contribution is 2.29. The van der Waals surface area contributed by atoms with Gasteiger partial charge in [-0.05, 0) is 44.2 Å². The molecule has 1 aromatic rings. The van der Waals surface area contributed by atoms with Gasteiger partial charge < -0.3 is 14.6 Å². The molecule has 0 fully saturated rings. The lowest BCUT2D eigenvalue weighted by Gasteiger charge is -2.24. The van der Waals surface area contributed by atoms with Gasteiger partial charge in [-0.1, -0.05) is 19.9 Å². The predicted molar refractivity (Wildman–Crippen MR) is 87.4 cm³/mol. The summed E-state index contributed by atoms with van der Waals surface area (Å²) < 4.78 is 10.5. The van der Waals surface area contributed by atoms with Crippen LogP contribution in [0.4, 0.5) is 10.5 Å². The number of hydrogen-bond acceptors (Lipinski definition) is 4. The summed E-state index contributed by atoms with van der Waals surface area (Å²) in [6, 6.07) is 5.48. The number of carbonyl (C=O) groups excluding carboxylic acids is 1. The first kappa shape index (κ1) is 18.3. The molecule has 5 heteroatoms. The van der Waals surface area contributed by atoms with E-state index in [0.717, 1.165) is 5.56 Å². The average molecular weight is 309 g/mol. The number of rotatable bonds is 5. The van der Waals surface area contributed by atoms with Crippen LogP contribution in [0.5, 0.6) is 5.75 Å². The van der Waals surface area contributed by atoms with Crippen molar-refractivity contribution in [3.05, 3.63) is 23.8 Å². The maximum Gasteiger partial charge on any atom is 0.412 e. The Balaban J connectivity index is 3.01. The van der Waals surface area contributed by atoms with Gasteiger partial charge in [-0.3, -0.25) is 5.32 Å². The van der Waals surface area contributed by atoms with E-state index < -0.39 is 11.7 Å². The van der Waals surface area contributed by atoms with Crippen LogP contribution in [0.25, 0.3) is 0 Å². The number of carbonyl (C=O) groups is 1. The lowest BCUT2D eigenvalue weighted by molar-refractivity contribution is 0.0635. The van der Waals surface area contributed by atoms with Crippen molar-refractivity contribution in [1.29, 1.82) is 0 Å². The zero-order valence-electron chi connectivity index (χ0n) is 14.3. The molecule has 0 radical (unpaired) electrons. The van der Waals surface area contributed by atoms with E-state index in [1.807, 2.05) is 46.8 Å². The maximum atomic E-state index is 12.0. The Morgan fingerprint density at radius 1 is 1.23 bits per heavy atom. The van der Waals surface area contributed by atoms with Gasteiger partial charge in [0.15, 0.2) is 0 Å². The molecule has 22 heavy (non-hydrogen) atoms. The van der Waals surface area contributed by atoms with Crippen LogP contribution >= 0.6 is 0 Å². The minimum Gasteiger partial charge on any atom is -0.497 e. The molecule has 2 N–H and O–H groups in total. The third kappa shape index (κ3) is 5.93. The fourth-order valence-electron chi connectivity index (χ4n) is 1.94. The SMILES string of the molecule is COc1ccc(CC(C)(C)CO)c(NC(=O)OC(C)(C)C)c1. The van der Waals surface area contributed by atoms with Crippen LogP contribution < -0.4 is 10.1 Å². The zero-order chi connectivity index (χ0) is 17.0. The summed E-state index contributed by atoms with van der Waals surface area (Å²) >= 11 is 0. The molecule has 0 aliphatic rings. The normalized spacial score (nSPS) is 12.0. The summed E-state index contributed by atoms with van der Waals surface area (Å²) in [4.78, 5) is 12.0. The standard InChI is InChI=1S/C17H27NO4/c1-16(2,3)22-15(20)18-14-9-13(21-6)8-7-12(14)10-17(4,5)11-19/h7-9,19H,10-11H2,1-6H3,(H,18,20). The second-order valence-electron chi connectivity index (χ2n) is 7.15. The first-order chi connectivity index (χ1) is 10.1. The van der Waals surface area contributed by atoms with Crippen molar-refractivity contribution in [3.63, 3.8) is 0 Å². The van der Waals surface area contributed by atoms with Crippen LogP contribution in [0.2, 0.25) is 0 Å². The third-order valence-electron chi connectivity index (χ3n) is 3.05. The van der Waals surface area contributed by atoms with Gasteiger partial charge in [0.2, 0.25) is 0 Å². The second-order valence-corrected chi connectivity index (χ2v) is 7.15. The van der Waals surface area contributed by atoms with Crippen LogP contribution in [0.15, 0.2) is 18.2 Å². The lowest BCUT2D eigenvalue weighted by Crippen LogP contribution is -2.28. The predicted octanol–water partition coefficient (Wildman–Crippen LogP) is 3.60. The van der Waals surface area contributed by atoms with Crippen molar-refractivity contribution in [1.82, 2.24) is 0 Å². The van der Waals surface area contributed by atoms with Gasteiger partial charge in [-0.2, -0.15) is 0 Å². The molecule has 0 spiro atoms. The number of benzene rings is 1. The lowest BCUT2D eigenvalue weighted by atomic mass is 9.86. The molecule has 5 nitrogen and oxygen atoms in total. The molecule has 0 bridgehead atoms. The van der Waals surface area contributed by atoms with Gasteiger partial charge in [-0.15, -0.1) is 0 Å². The Morgan fingerprint density at radius 3 is 2.36 bits per heavy atom. The molecule has 0 saturated heterocycles. The van der Waals surface area contributed by atoms with E-state index in [1.54, 1.807) is 13.2 Å². The van der Waals surface area contributed by atoms with Crippen molar-refractivity contribution in [3.8, 4) is 5.75 Å². The van der Waals surface area contributed by atoms with E-state index in [1.165, 1.54) is 0 Å². The first-order valence-electron chi connectivity index (χ1n) is 7.34. The van der Waals surface area contributed by atoms with Crippen LogP contribution in [0, 0.1) is 5.41 Å². The second kappa shape index (κ2) is 7.01. The molecule has 0 aliphatic heterocycles. The summed E-state index contributed by atoms with van der Waals surface area (Å²) in [7, 11) is 1.57. The zero-order valence-corrected chi connectivity index (χ0v) is 14.3.